The highest BCUT2D eigenvalue weighted by Gasteiger charge is 2.10. The van der Waals surface area contributed by atoms with Gasteiger partial charge in [-0.25, -0.2) is 5.43 Å². The number of carbonyl (C=O) groups excluding carboxylic acids is 1. The minimum Gasteiger partial charge on any atom is -0.507 e. The van der Waals surface area contributed by atoms with Crippen LogP contribution in [0.15, 0.2) is 58.1 Å². The van der Waals surface area contributed by atoms with E-state index in [0.717, 1.165) is 16.5 Å². The Labute approximate surface area is 159 Å². The van der Waals surface area contributed by atoms with E-state index >= 15 is 0 Å². The summed E-state index contributed by atoms with van der Waals surface area (Å²) in [6, 6.07) is 14.6. The summed E-state index contributed by atoms with van der Waals surface area (Å²) in [7, 11) is 0. The predicted molar refractivity (Wildman–Crippen MR) is 104 cm³/mol. The largest absolute Gasteiger partial charge is 0.507 e. The second-order valence-corrected chi connectivity index (χ2v) is 6.54. The first kappa shape index (κ1) is 17.9. The van der Waals surface area contributed by atoms with E-state index in [0.29, 0.717) is 17.0 Å². The van der Waals surface area contributed by atoms with Crippen molar-refractivity contribution in [1.82, 2.24) is 15.6 Å². The number of nitrogens with one attached hydrogen (secondary N) is 2. The van der Waals surface area contributed by atoms with Crippen LogP contribution in [0, 0.1) is 0 Å². The lowest BCUT2D eigenvalue weighted by atomic mass is 10.1. The van der Waals surface area contributed by atoms with Crippen LogP contribution in [0.1, 0.15) is 28.5 Å². The van der Waals surface area contributed by atoms with Crippen LogP contribution in [0.25, 0.3) is 11.3 Å². The minimum atomic E-state index is -0.417. The first-order valence-corrected chi connectivity index (χ1v) is 8.82. The number of hydrazone groups is 1. The number of phenolic OH excluding ortho intramolecular Hbond substituents is 1. The molecule has 0 fully saturated rings. The van der Waals surface area contributed by atoms with Crippen LogP contribution in [-0.4, -0.2) is 27.4 Å². The lowest BCUT2D eigenvalue weighted by Crippen LogP contribution is -2.18. The van der Waals surface area contributed by atoms with Crippen LogP contribution in [0.3, 0.4) is 0 Å². The maximum Gasteiger partial charge on any atom is 0.289 e. The van der Waals surface area contributed by atoms with Crippen molar-refractivity contribution in [3.05, 3.63) is 69.8 Å². The molecule has 3 N–H and O–H groups in total. The van der Waals surface area contributed by atoms with Crippen LogP contribution in [0.4, 0.5) is 0 Å². The molecule has 1 heterocycles. The lowest BCUT2D eigenvalue weighted by Gasteiger charge is -2.00. The van der Waals surface area contributed by atoms with Gasteiger partial charge in [-0.15, -0.1) is 0 Å². The minimum absolute atomic E-state index is 0.0746. The van der Waals surface area contributed by atoms with Gasteiger partial charge in [-0.1, -0.05) is 47.1 Å². The normalized spacial score (nSPS) is 11.0. The average molecular weight is 413 g/mol. The molecule has 0 atom stereocenters. The van der Waals surface area contributed by atoms with Crippen molar-refractivity contribution in [3.63, 3.8) is 0 Å². The summed E-state index contributed by atoms with van der Waals surface area (Å²) in [4.78, 5) is 12.2. The molecule has 3 rings (SSSR count). The third-order valence-electron chi connectivity index (χ3n) is 3.84. The molecule has 6 nitrogen and oxygen atoms in total. The molecule has 2 aromatic carbocycles. The third-order valence-corrected chi connectivity index (χ3v) is 4.33. The summed E-state index contributed by atoms with van der Waals surface area (Å²) >= 11 is 3.31. The number of amides is 1. The molecule has 0 saturated heterocycles. The van der Waals surface area contributed by atoms with E-state index in [-0.39, 0.29) is 5.75 Å². The second-order valence-electron chi connectivity index (χ2n) is 5.62. The van der Waals surface area contributed by atoms with Gasteiger partial charge in [0.15, 0.2) is 0 Å². The Bertz CT molecular complexity index is 948. The summed E-state index contributed by atoms with van der Waals surface area (Å²) in [6.45, 7) is 2.10. The zero-order valence-corrected chi connectivity index (χ0v) is 15.6. The number of hydrogen-bond acceptors (Lipinski definition) is 4. The van der Waals surface area contributed by atoms with Crippen molar-refractivity contribution >= 4 is 28.1 Å². The Morgan fingerprint density at radius 3 is 2.77 bits per heavy atom. The molecule has 132 valence electrons. The number of aromatic hydroxyl groups is 1. The first-order valence-electron chi connectivity index (χ1n) is 8.03. The fourth-order valence-electron chi connectivity index (χ4n) is 2.35. The Hall–Kier alpha value is -2.93. The van der Waals surface area contributed by atoms with E-state index in [2.05, 4.69) is 43.6 Å². The molecular formula is C19H17BrN4O2. The zero-order chi connectivity index (χ0) is 18.5. The molecule has 0 aliphatic rings. The van der Waals surface area contributed by atoms with Gasteiger partial charge in [0, 0.05) is 15.6 Å². The quantitative estimate of drug-likeness (QED) is 0.438. The molecule has 3 aromatic rings. The number of aromatic amines is 1. The molecule has 0 bridgehead atoms. The van der Waals surface area contributed by atoms with Gasteiger partial charge < -0.3 is 5.11 Å². The number of aryl methyl sites for hydroxylation is 1. The molecule has 1 aromatic heterocycles. The van der Waals surface area contributed by atoms with E-state index in [1.165, 1.54) is 17.8 Å². The Morgan fingerprint density at radius 1 is 1.27 bits per heavy atom. The maximum absolute atomic E-state index is 12.2. The van der Waals surface area contributed by atoms with Gasteiger partial charge in [-0.3, -0.25) is 9.89 Å². The highest BCUT2D eigenvalue weighted by molar-refractivity contribution is 9.10. The summed E-state index contributed by atoms with van der Waals surface area (Å²) in [5, 5.41) is 20.5. The van der Waals surface area contributed by atoms with E-state index in [1.807, 2.05) is 24.3 Å². The molecule has 0 aliphatic carbocycles. The van der Waals surface area contributed by atoms with Crippen LogP contribution >= 0.6 is 15.9 Å². The molecule has 0 saturated carbocycles. The molecule has 0 spiro atoms. The highest BCUT2D eigenvalue weighted by Crippen LogP contribution is 2.20. The van der Waals surface area contributed by atoms with Crippen molar-refractivity contribution in [1.29, 1.82) is 0 Å². The zero-order valence-electron chi connectivity index (χ0n) is 14.0. The van der Waals surface area contributed by atoms with Crippen LogP contribution in [0.5, 0.6) is 5.75 Å². The highest BCUT2D eigenvalue weighted by atomic mass is 79.9. The van der Waals surface area contributed by atoms with Gasteiger partial charge in [0.25, 0.3) is 5.91 Å². The third kappa shape index (κ3) is 4.18. The molecule has 7 heteroatoms. The van der Waals surface area contributed by atoms with Crippen molar-refractivity contribution < 1.29 is 9.90 Å². The van der Waals surface area contributed by atoms with Crippen LogP contribution in [-0.2, 0) is 6.42 Å². The van der Waals surface area contributed by atoms with E-state index in [4.69, 9.17) is 0 Å². The fourth-order valence-corrected chi connectivity index (χ4v) is 2.73. The Kier molecular flexibility index (Phi) is 5.48. The van der Waals surface area contributed by atoms with Crippen LogP contribution < -0.4 is 5.43 Å². The van der Waals surface area contributed by atoms with Gasteiger partial charge in [0.05, 0.1) is 11.9 Å². The number of aromatic nitrogens is 2. The van der Waals surface area contributed by atoms with Gasteiger partial charge in [0.1, 0.15) is 11.4 Å². The number of nitrogens with zero attached hydrogens (tertiary/aromatic N) is 2. The van der Waals surface area contributed by atoms with Gasteiger partial charge in [-0.05, 0) is 36.2 Å². The van der Waals surface area contributed by atoms with E-state index < -0.39 is 5.91 Å². The van der Waals surface area contributed by atoms with Crippen molar-refractivity contribution in [2.75, 3.05) is 0 Å². The second kappa shape index (κ2) is 7.97. The fraction of sp³-hybridized carbons (Fsp3) is 0.105. The molecule has 0 unspecified atom stereocenters. The Morgan fingerprint density at radius 2 is 2.04 bits per heavy atom. The maximum atomic E-state index is 12.2. The molecule has 0 aliphatic heterocycles. The first-order chi connectivity index (χ1) is 12.6. The average Bonchev–Trinajstić information content (AvgIpc) is 3.15. The topological polar surface area (TPSA) is 90.4 Å². The Balaban J connectivity index is 1.68. The van der Waals surface area contributed by atoms with Crippen molar-refractivity contribution in [2.45, 2.75) is 13.3 Å². The smallest absolute Gasteiger partial charge is 0.289 e. The summed E-state index contributed by atoms with van der Waals surface area (Å²) in [5.74, 6) is -0.342. The SMILES string of the molecule is CCc1ccc(-c2cc(C(=O)NN=Cc3cc(Br)ccc3O)[nH]n2)cc1. The molecular weight excluding hydrogens is 396 g/mol. The number of rotatable bonds is 5. The number of benzene rings is 2. The van der Waals surface area contributed by atoms with Crippen molar-refractivity contribution in [3.8, 4) is 17.0 Å². The lowest BCUT2D eigenvalue weighted by molar-refractivity contribution is 0.0950. The monoisotopic (exact) mass is 412 g/mol. The summed E-state index contributed by atoms with van der Waals surface area (Å²) in [5.41, 5.74) is 6.06. The van der Waals surface area contributed by atoms with Crippen molar-refractivity contribution in [2.24, 2.45) is 5.10 Å². The number of H-pyrrole nitrogens is 1. The predicted octanol–water partition coefficient (Wildman–Crippen LogP) is 3.87. The van der Waals surface area contributed by atoms with Gasteiger partial charge >= 0.3 is 0 Å². The molecule has 0 radical (unpaired) electrons. The number of carbonyl (C=O) groups is 1. The molecule has 26 heavy (non-hydrogen) atoms. The standard InChI is InChI=1S/C19H17BrN4O2/c1-2-12-3-5-13(6-4-12)16-10-17(23-22-16)19(26)24-21-11-14-9-15(20)7-8-18(14)25/h3-11,25H,2H2,1H3,(H,22,23)(H,24,26). The summed E-state index contributed by atoms with van der Waals surface area (Å²) in [6.07, 6.45) is 2.35. The number of phenols is 1. The van der Waals surface area contributed by atoms with Gasteiger partial charge in [0.2, 0.25) is 0 Å². The summed E-state index contributed by atoms with van der Waals surface area (Å²) < 4.78 is 0.801. The number of hydrogen-bond donors (Lipinski definition) is 3. The van der Waals surface area contributed by atoms with E-state index in [1.54, 1.807) is 18.2 Å². The van der Waals surface area contributed by atoms with Gasteiger partial charge in [-0.2, -0.15) is 10.2 Å². The van der Waals surface area contributed by atoms with Crippen LogP contribution in [0.2, 0.25) is 0 Å². The number of halogens is 1. The van der Waals surface area contributed by atoms with E-state index in [9.17, 15) is 9.90 Å². The molecule has 1 amide bonds.